The molecule has 0 N–H and O–H groups in total. The summed E-state index contributed by atoms with van der Waals surface area (Å²) in [6, 6.07) is 18.1. The van der Waals surface area contributed by atoms with Gasteiger partial charge in [-0.2, -0.15) is 5.26 Å². The molecule has 0 saturated heterocycles. The Balaban J connectivity index is 1.44. The highest BCUT2D eigenvalue weighted by Gasteiger charge is 2.10. The Labute approximate surface area is 184 Å². The Hall–Kier alpha value is -4.31. The first-order valence-electron chi connectivity index (χ1n) is 9.98. The molecule has 0 unspecified atom stereocenters. The minimum atomic E-state index is -0.390. The molecular weight excluding hydrogens is 408 g/mol. The molecule has 0 atom stereocenters. The van der Waals surface area contributed by atoms with Gasteiger partial charge in [0.1, 0.15) is 34.6 Å². The number of benzene rings is 3. The van der Waals surface area contributed by atoms with Crippen LogP contribution < -0.4 is 14.2 Å². The minimum Gasteiger partial charge on any atom is -0.493 e. The van der Waals surface area contributed by atoms with Crippen LogP contribution in [0.2, 0.25) is 0 Å². The molecule has 0 amide bonds. The quantitative estimate of drug-likeness (QED) is 0.289. The lowest BCUT2D eigenvalue weighted by Crippen LogP contribution is -2.03. The van der Waals surface area contributed by atoms with E-state index in [0.29, 0.717) is 41.6 Å². The van der Waals surface area contributed by atoms with Gasteiger partial charge < -0.3 is 18.6 Å². The summed E-state index contributed by atoms with van der Waals surface area (Å²) in [6.07, 6.45) is 2.12. The molecule has 0 saturated carbocycles. The number of nitrogens with zero attached hydrogens (tertiary/aromatic N) is 2. The van der Waals surface area contributed by atoms with Gasteiger partial charge >= 0.3 is 5.97 Å². The maximum absolute atomic E-state index is 11.2. The number of oxazole rings is 1. The van der Waals surface area contributed by atoms with E-state index in [0.717, 1.165) is 22.2 Å². The van der Waals surface area contributed by atoms with Crippen molar-refractivity contribution in [3.8, 4) is 29.1 Å². The Morgan fingerprint density at radius 1 is 1.06 bits per heavy atom. The number of aromatic nitrogens is 1. The molecule has 32 heavy (non-hydrogen) atoms. The highest BCUT2D eigenvalue weighted by Crippen LogP contribution is 2.32. The van der Waals surface area contributed by atoms with E-state index in [1.54, 1.807) is 36.4 Å². The SMILES string of the molecule is CC(=O)Oc1ccc(Oc2cc(OCCc3ccc4ocnc4c3)ccc2C#N)cc1C. The summed E-state index contributed by atoms with van der Waals surface area (Å²) in [5, 5.41) is 9.44. The Morgan fingerprint density at radius 3 is 2.69 bits per heavy atom. The van der Waals surface area contributed by atoms with Crippen molar-refractivity contribution in [1.82, 2.24) is 4.98 Å². The van der Waals surface area contributed by atoms with Crippen molar-refractivity contribution in [2.75, 3.05) is 6.61 Å². The summed E-state index contributed by atoms with van der Waals surface area (Å²) >= 11 is 0. The molecule has 7 nitrogen and oxygen atoms in total. The molecule has 0 aliphatic heterocycles. The number of carbonyl (C=O) groups is 1. The predicted octanol–water partition coefficient (Wildman–Crippen LogP) is 5.35. The van der Waals surface area contributed by atoms with Crippen molar-refractivity contribution < 1.29 is 23.4 Å². The highest BCUT2D eigenvalue weighted by atomic mass is 16.5. The number of aryl methyl sites for hydroxylation is 1. The molecule has 1 aromatic heterocycles. The number of carbonyl (C=O) groups excluding carboxylic acids is 1. The molecule has 0 fully saturated rings. The van der Waals surface area contributed by atoms with E-state index in [1.165, 1.54) is 13.3 Å². The second-order valence-electron chi connectivity index (χ2n) is 7.15. The number of hydrogen-bond acceptors (Lipinski definition) is 7. The van der Waals surface area contributed by atoms with Crippen LogP contribution in [0.25, 0.3) is 11.1 Å². The second-order valence-corrected chi connectivity index (χ2v) is 7.15. The summed E-state index contributed by atoms with van der Waals surface area (Å²) in [5.41, 5.74) is 3.77. The van der Waals surface area contributed by atoms with E-state index < -0.39 is 0 Å². The fourth-order valence-electron chi connectivity index (χ4n) is 3.20. The maximum Gasteiger partial charge on any atom is 0.308 e. The summed E-state index contributed by atoms with van der Waals surface area (Å²) in [7, 11) is 0. The average Bonchev–Trinajstić information content (AvgIpc) is 3.24. The summed E-state index contributed by atoms with van der Waals surface area (Å²) < 4.78 is 22.2. The fourth-order valence-corrected chi connectivity index (χ4v) is 3.20. The third kappa shape index (κ3) is 4.87. The Kier molecular flexibility index (Phi) is 6.04. The molecular formula is C25H20N2O5. The van der Waals surface area contributed by atoms with E-state index >= 15 is 0 Å². The van der Waals surface area contributed by atoms with Gasteiger partial charge in [0.05, 0.1) is 12.2 Å². The van der Waals surface area contributed by atoms with Crippen LogP contribution in [0, 0.1) is 18.3 Å². The van der Waals surface area contributed by atoms with Gasteiger partial charge in [-0.05, 0) is 60.5 Å². The molecule has 0 aliphatic rings. The van der Waals surface area contributed by atoms with Crippen LogP contribution in [-0.4, -0.2) is 17.6 Å². The van der Waals surface area contributed by atoms with Gasteiger partial charge in [-0.15, -0.1) is 0 Å². The topological polar surface area (TPSA) is 94.6 Å². The van der Waals surface area contributed by atoms with E-state index in [2.05, 4.69) is 11.1 Å². The third-order valence-corrected chi connectivity index (χ3v) is 4.76. The van der Waals surface area contributed by atoms with Crippen LogP contribution in [0.1, 0.15) is 23.6 Å². The van der Waals surface area contributed by atoms with Crippen LogP contribution in [0.15, 0.2) is 65.4 Å². The smallest absolute Gasteiger partial charge is 0.308 e. The van der Waals surface area contributed by atoms with Crippen LogP contribution >= 0.6 is 0 Å². The Morgan fingerprint density at radius 2 is 1.91 bits per heavy atom. The van der Waals surface area contributed by atoms with E-state index in [1.807, 2.05) is 25.1 Å². The van der Waals surface area contributed by atoms with Crippen LogP contribution in [0.4, 0.5) is 0 Å². The molecule has 7 heteroatoms. The molecule has 0 radical (unpaired) electrons. The Bertz CT molecular complexity index is 1320. The number of ether oxygens (including phenoxy) is 3. The van der Waals surface area contributed by atoms with Crippen molar-refractivity contribution in [2.24, 2.45) is 0 Å². The zero-order chi connectivity index (χ0) is 22.5. The van der Waals surface area contributed by atoms with Crippen molar-refractivity contribution >= 4 is 17.1 Å². The number of fused-ring (bicyclic) bond motifs is 1. The maximum atomic E-state index is 11.2. The third-order valence-electron chi connectivity index (χ3n) is 4.76. The second kappa shape index (κ2) is 9.23. The van der Waals surface area contributed by atoms with Crippen molar-refractivity contribution in [3.05, 3.63) is 77.7 Å². The first-order chi connectivity index (χ1) is 15.5. The van der Waals surface area contributed by atoms with E-state index in [-0.39, 0.29) is 5.97 Å². The molecule has 0 spiro atoms. The summed E-state index contributed by atoms with van der Waals surface area (Å²) in [6.45, 7) is 3.61. The average molecular weight is 428 g/mol. The summed E-state index contributed by atoms with van der Waals surface area (Å²) in [5.74, 6) is 1.57. The largest absolute Gasteiger partial charge is 0.493 e. The monoisotopic (exact) mass is 428 g/mol. The van der Waals surface area contributed by atoms with Crippen molar-refractivity contribution in [3.63, 3.8) is 0 Å². The van der Waals surface area contributed by atoms with E-state index in [9.17, 15) is 10.1 Å². The first kappa shape index (κ1) is 20.9. The number of rotatable bonds is 7. The zero-order valence-electron chi connectivity index (χ0n) is 17.6. The predicted molar refractivity (Wildman–Crippen MR) is 117 cm³/mol. The van der Waals surface area contributed by atoms with Gasteiger partial charge in [0.25, 0.3) is 0 Å². The molecule has 4 aromatic rings. The first-order valence-corrected chi connectivity index (χ1v) is 9.98. The molecule has 0 aliphatic carbocycles. The van der Waals surface area contributed by atoms with Crippen LogP contribution in [0.5, 0.6) is 23.0 Å². The van der Waals surface area contributed by atoms with Gasteiger partial charge in [-0.1, -0.05) is 6.07 Å². The van der Waals surface area contributed by atoms with E-state index in [4.69, 9.17) is 18.6 Å². The number of esters is 1. The fraction of sp³-hybridized carbons (Fsp3) is 0.160. The molecule has 1 heterocycles. The number of nitriles is 1. The molecule has 3 aromatic carbocycles. The van der Waals surface area contributed by atoms with Crippen LogP contribution in [-0.2, 0) is 11.2 Å². The lowest BCUT2D eigenvalue weighted by Gasteiger charge is -2.12. The van der Waals surface area contributed by atoms with Gasteiger partial charge in [0.15, 0.2) is 12.0 Å². The molecule has 160 valence electrons. The minimum absolute atomic E-state index is 0.383. The normalized spacial score (nSPS) is 10.5. The van der Waals surface area contributed by atoms with Gasteiger partial charge in [0, 0.05) is 19.4 Å². The van der Waals surface area contributed by atoms with Gasteiger partial charge in [0.2, 0.25) is 0 Å². The molecule has 4 rings (SSSR count). The molecule has 0 bridgehead atoms. The summed E-state index contributed by atoms with van der Waals surface area (Å²) in [4.78, 5) is 15.3. The lowest BCUT2D eigenvalue weighted by molar-refractivity contribution is -0.131. The standard InChI is InChI=1S/C25H20N2O5/c1-16-11-21(6-8-23(16)31-17(2)28)32-25-13-20(5-4-19(25)14-26)29-10-9-18-3-7-24-22(12-18)27-15-30-24/h3-8,11-13,15H,9-10H2,1-2H3. The number of hydrogen-bond donors (Lipinski definition) is 0. The van der Waals surface area contributed by atoms with Crippen LogP contribution in [0.3, 0.4) is 0 Å². The van der Waals surface area contributed by atoms with Gasteiger partial charge in [-0.25, -0.2) is 4.98 Å². The van der Waals surface area contributed by atoms with Gasteiger partial charge in [-0.3, -0.25) is 4.79 Å². The zero-order valence-corrected chi connectivity index (χ0v) is 17.6. The van der Waals surface area contributed by atoms with Crippen molar-refractivity contribution in [1.29, 1.82) is 5.26 Å². The highest BCUT2D eigenvalue weighted by molar-refractivity contribution is 5.72. The van der Waals surface area contributed by atoms with Crippen molar-refractivity contribution in [2.45, 2.75) is 20.3 Å². The lowest BCUT2D eigenvalue weighted by atomic mass is 10.1.